The number of ketones is 1. The van der Waals surface area contributed by atoms with E-state index in [-0.39, 0.29) is 11.8 Å². The number of H-pyrrole nitrogens is 1. The van der Waals surface area contributed by atoms with E-state index in [1.165, 1.54) is 11.8 Å². The second kappa shape index (κ2) is 7.48. The fraction of sp³-hybridized carbons (Fsp3) is 0.381. The predicted molar refractivity (Wildman–Crippen MR) is 109 cm³/mol. The van der Waals surface area contributed by atoms with Gasteiger partial charge in [0.05, 0.1) is 41.2 Å². The maximum absolute atomic E-state index is 13.0. The van der Waals surface area contributed by atoms with Crippen molar-refractivity contribution in [2.45, 2.75) is 32.7 Å². The molecule has 1 N–H and O–H groups in total. The monoisotopic (exact) mass is 397 g/mol. The summed E-state index contributed by atoms with van der Waals surface area (Å²) >= 11 is 1.70. The van der Waals surface area contributed by atoms with Crippen LogP contribution in [0.5, 0.6) is 0 Å². The van der Waals surface area contributed by atoms with Crippen molar-refractivity contribution in [3.8, 4) is 0 Å². The Morgan fingerprint density at radius 1 is 1.32 bits per heavy atom. The molecule has 1 aliphatic rings. The number of methoxy groups -OCH3 is 1. The lowest BCUT2D eigenvalue weighted by Crippen LogP contribution is -2.30. The van der Waals surface area contributed by atoms with Crippen LogP contribution in [0.4, 0.5) is 0 Å². The molecule has 3 aromatic rings. The van der Waals surface area contributed by atoms with Crippen molar-refractivity contribution < 1.29 is 14.3 Å². The highest BCUT2D eigenvalue weighted by Crippen LogP contribution is 2.36. The van der Waals surface area contributed by atoms with E-state index >= 15 is 0 Å². The highest BCUT2D eigenvalue weighted by Gasteiger charge is 2.31. The highest BCUT2D eigenvalue weighted by atomic mass is 32.1. The maximum Gasteiger partial charge on any atom is 0.339 e. The standard InChI is InChI=1S/C21H23N3O3S/c1-12-18(21(26)27-3)13(2)22-19(12)16(25)11-24-10-6-8-15(24)20-23-14-7-4-5-9-17(14)28-20/h4-5,7,9,15,22H,6,8,10-11H2,1-3H3/t15-/m0/s1. The van der Waals surface area contributed by atoms with Crippen molar-refractivity contribution >= 4 is 33.3 Å². The number of fused-ring (bicyclic) bond motifs is 1. The van der Waals surface area contributed by atoms with Crippen LogP contribution in [0.3, 0.4) is 0 Å². The van der Waals surface area contributed by atoms with E-state index in [0.29, 0.717) is 29.1 Å². The van der Waals surface area contributed by atoms with E-state index in [4.69, 9.17) is 9.72 Å². The van der Waals surface area contributed by atoms with Crippen molar-refractivity contribution in [2.75, 3.05) is 20.2 Å². The molecule has 1 fully saturated rings. The molecule has 0 radical (unpaired) electrons. The first-order chi connectivity index (χ1) is 13.5. The Hall–Kier alpha value is -2.51. The number of carbonyl (C=O) groups is 2. The minimum Gasteiger partial charge on any atom is -0.465 e. The number of nitrogens with zero attached hydrogens (tertiary/aromatic N) is 2. The van der Waals surface area contributed by atoms with Crippen LogP contribution >= 0.6 is 11.3 Å². The first-order valence-corrected chi connectivity index (χ1v) is 10.2. The number of carbonyl (C=O) groups excluding carboxylic acids is 2. The predicted octanol–water partition coefficient (Wildman–Crippen LogP) is 4.05. The fourth-order valence-electron chi connectivity index (χ4n) is 4.03. The topological polar surface area (TPSA) is 75.3 Å². The number of hydrogen-bond donors (Lipinski definition) is 1. The molecule has 0 saturated carbocycles. The van der Waals surface area contributed by atoms with Gasteiger partial charge in [-0.25, -0.2) is 9.78 Å². The summed E-state index contributed by atoms with van der Waals surface area (Å²) < 4.78 is 6.02. The fourth-order valence-corrected chi connectivity index (χ4v) is 5.17. The molecule has 6 nitrogen and oxygen atoms in total. The summed E-state index contributed by atoms with van der Waals surface area (Å²) in [5, 5.41) is 1.07. The number of benzene rings is 1. The average molecular weight is 398 g/mol. The summed E-state index contributed by atoms with van der Waals surface area (Å²) in [5.74, 6) is -0.428. The van der Waals surface area contributed by atoms with Crippen molar-refractivity contribution in [3.63, 3.8) is 0 Å². The number of aryl methyl sites for hydroxylation is 1. The van der Waals surface area contributed by atoms with Gasteiger partial charge in [-0.15, -0.1) is 11.3 Å². The second-order valence-electron chi connectivity index (χ2n) is 7.19. The zero-order valence-corrected chi connectivity index (χ0v) is 17.1. The van der Waals surface area contributed by atoms with E-state index < -0.39 is 5.97 Å². The van der Waals surface area contributed by atoms with E-state index in [0.717, 1.165) is 29.9 Å². The van der Waals surface area contributed by atoms with Gasteiger partial charge in [-0.3, -0.25) is 9.69 Å². The van der Waals surface area contributed by atoms with Gasteiger partial charge < -0.3 is 9.72 Å². The largest absolute Gasteiger partial charge is 0.465 e. The number of aromatic amines is 1. The summed E-state index contributed by atoms with van der Waals surface area (Å²) in [6.07, 6.45) is 2.05. The van der Waals surface area contributed by atoms with Crippen molar-refractivity contribution in [2.24, 2.45) is 0 Å². The van der Waals surface area contributed by atoms with Crippen LogP contribution in [0.15, 0.2) is 24.3 Å². The summed E-state index contributed by atoms with van der Waals surface area (Å²) in [5.41, 5.74) is 3.28. The molecule has 0 spiro atoms. The number of ether oxygens (including phenoxy) is 1. The summed E-state index contributed by atoms with van der Waals surface area (Å²) in [4.78, 5) is 35.1. The Labute approximate surface area is 167 Å². The van der Waals surface area contributed by atoms with Gasteiger partial charge in [0.2, 0.25) is 0 Å². The lowest BCUT2D eigenvalue weighted by molar-refractivity contribution is 0.0599. The van der Waals surface area contributed by atoms with Crippen LogP contribution in [0, 0.1) is 13.8 Å². The molecule has 28 heavy (non-hydrogen) atoms. The van der Waals surface area contributed by atoms with Crippen molar-refractivity contribution in [1.82, 2.24) is 14.9 Å². The normalized spacial score (nSPS) is 17.3. The van der Waals surface area contributed by atoms with Gasteiger partial charge in [0.1, 0.15) is 5.01 Å². The first-order valence-electron chi connectivity index (χ1n) is 9.39. The van der Waals surface area contributed by atoms with Crippen LogP contribution < -0.4 is 0 Å². The number of likely N-dealkylation sites (tertiary alicyclic amines) is 1. The molecule has 4 rings (SSSR count). The third-order valence-corrected chi connectivity index (χ3v) is 6.55. The molecule has 0 aliphatic carbocycles. The Kier molecular flexibility index (Phi) is 5.03. The average Bonchev–Trinajstić information content (AvgIpc) is 3.38. The molecule has 1 aromatic carbocycles. The van der Waals surface area contributed by atoms with Crippen LogP contribution in [-0.2, 0) is 4.74 Å². The van der Waals surface area contributed by atoms with Crippen molar-refractivity contribution in [1.29, 1.82) is 0 Å². The summed E-state index contributed by atoms with van der Waals surface area (Å²) in [6.45, 7) is 4.75. The lowest BCUT2D eigenvalue weighted by Gasteiger charge is -2.21. The molecule has 3 heterocycles. The number of thiazole rings is 1. The minimum atomic E-state index is -0.418. The van der Waals surface area contributed by atoms with Gasteiger partial charge in [0.15, 0.2) is 5.78 Å². The molecule has 1 saturated heterocycles. The summed E-state index contributed by atoms with van der Waals surface area (Å²) in [6, 6.07) is 8.30. The summed E-state index contributed by atoms with van der Waals surface area (Å²) in [7, 11) is 1.35. The Morgan fingerprint density at radius 3 is 2.86 bits per heavy atom. The highest BCUT2D eigenvalue weighted by molar-refractivity contribution is 7.18. The van der Waals surface area contributed by atoms with Crippen LogP contribution in [-0.4, -0.2) is 46.8 Å². The molecule has 0 unspecified atom stereocenters. The molecule has 7 heteroatoms. The van der Waals surface area contributed by atoms with Crippen molar-refractivity contribution in [3.05, 3.63) is 51.8 Å². The zero-order valence-electron chi connectivity index (χ0n) is 16.2. The SMILES string of the molecule is COC(=O)c1c(C)[nH]c(C(=O)CN2CCC[C@H]2c2nc3ccccc3s2)c1C. The molecular weight excluding hydrogens is 374 g/mol. The molecule has 1 atom stereocenters. The molecule has 2 aromatic heterocycles. The number of esters is 1. The van der Waals surface area contributed by atoms with Gasteiger partial charge >= 0.3 is 5.97 Å². The molecule has 146 valence electrons. The van der Waals surface area contributed by atoms with Gasteiger partial charge in [-0.05, 0) is 50.9 Å². The Bertz CT molecular complexity index is 1020. The van der Waals surface area contributed by atoms with Crippen LogP contribution in [0.2, 0.25) is 0 Å². The van der Waals surface area contributed by atoms with E-state index in [9.17, 15) is 9.59 Å². The smallest absolute Gasteiger partial charge is 0.339 e. The maximum atomic E-state index is 13.0. The molecule has 1 aliphatic heterocycles. The lowest BCUT2D eigenvalue weighted by atomic mass is 10.1. The first kappa shape index (κ1) is 18.8. The molecular formula is C21H23N3O3S. The Balaban J connectivity index is 1.56. The van der Waals surface area contributed by atoms with E-state index in [1.54, 1.807) is 25.2 Å². The molecule has 0 bridgehead atoms. The van der Waals surface area contributed by atoms with E-state index in [2.05, 4.69) is 16.0 Å². The number of nitrogens with one attached hydrogen (secondary N) is 1. The van der Waals surface area contributed by atoms with Gasteiger partial charge in [0.25, 0.3) is 0 Å². The third-order valence-electron chi connectivity index (χ3n) is 5.41. The van der Waals surface area contributed by atoms with Gasteiger partial charge in [-0.1, -0.05) is 12.1 Å². The third kappa shape index (κ3) is 3.25. The van der Waals surface area contributed by atoms with Crippen LogP contribution in [0.1, 0.15) is 56.0 Å². The number of para-hydroxylation sites is 1. The zero-order chi connectivity index (χ0) is 19.8. The van der Waals surface area contributed by atoms with Crippen LogP contribution in [0.25, 0.3) is 10.2 Å². The number of rotatable bonds is 5. The molecule has 0 amide bonds. The number of hydrogen-bond acceptors (Lipinski definition) is 6. The van der Waals surface area contributed by atoms with Gasteiger partial charge in [0, 0.05) is 5.69 Å². The second-order valence-corrected chi connectivity index (χ2v) is 8.25. The van der Waals surface area contributed by atoms with E-state index in [1.807, 2.05) is 18.2 Å². The number of Topliss-reactive ketones (excluding diaryl/α,β-unsaturated/α-hetero) is 1. The van der Waals surface area contributed by atoms with Gasteiger partial charge in [-0.2, -0.15) is 0 Å². The minimum absolute atomic E-state index is 0.0104. The quantitative estimate of drug-likeness (QED) is 0.519. The Morgan fingerprint density at radius 2 is 2.11 bits per heavy atom. The number of aromatic nitrogens is 2.